The van der Waals surface area contributed by atoms with Crippen molar-refractivity contribution in [3.05, 3.63) is 95.0 Å². The molecule has 4 aromatic rings. The number of hydrogen-bond acceptors (Lipinski definition) is 5. The van der Waals surface area contributed by atoms with Crippen molar-refractivity contribution in [2.24, 2.45) is 0 Å². The number of amides is 1. The zero-order valence-electron chi connectivity index (χ0n) is 19.6. The van der Waals surface area contributed by atoms with E-state index in [0.29, 0.717) is 45.0 Å². The van der Waals surface area contributed by atoms with Crippen LogP contribution in [0.2, 0.25) is 5.02 Å². The molecule has 0 aliphatic carbocycles. The fourth-order valence-electron chi connectivity index (χ4n) is 3.55. The SMILES string of the molecule is CCCCOC(=O)c1ccc(NC(=S)NC(=O)c2cc(-c3ccc(Cl)cc3)nc3ccccc23)cc1. The maximum Gasteiger partial charge on any atom is 0.338 e. The van der Waals surface area contributed by atoms with Crippen molar-refractivity contribution < 1.29 is 14.3 Å². The number of pyridine rings is 1. The summed E-state index contributed by atoms with van der Waals surface area (Å²) in [5.41, 5.74) is 3.70. The highest BCUT2D eigenvalue weighted by molar-refractivity contribution is 7.80. The first kappa shape index (κ1) is 25.3. The normalized spacial score (nSPS) is 10.6. The maximum atomic E-state index is 13.2. The number of unbranched alkanes of at least 4 members (excludes halogenated alkanes) is 1. The van der Waals surface area contributed by atoms with Crippen LogP contribution in [0.15, 0.2) is 78.9 Å². The molecule has 0 saturated carbocycles. The number of halogens is 1. The Morgan fingerprint density at radius 2 is 1.72 bits per heavy atom. The van der Waals surface area contributed by atoms with Crippen LogP contribution in [0.25, 0.3) is 22.2 Å². The third-order valence-corrected chi connectivity index (χ3v) is 5.89. The Morgan fingerprint density at radius 1 is 1.00 bits per heavy atom. The van der Waals surface area contributed by atoms with Crippen LogP contribution in [0.4, 0.5) is 5.69 Å². The van der Waals surface area contributed by atoms with Gasteiger partial charge in [-0.3, -0.25) is 10.1 Å². The highest BCUT2D eigenvalue weighted by Crippen LogP contribution is 2.26. The number of para-hydroxylation sites is 1. The van der Waals surface area contributed by atoms with Crippen molar-refractivity contribution in [1.82, 2.24) is 10.3 Å². The van der Waals surface area contributed by atoms with Gasteiger partial charge in [0.25, 0.3) is 5.91 Å². The van der Waals surface area contributed by atoms with Crippen molar-refractivity contribution in [3.63, 3.8) is 0 Å². The molecular formula is C28H24ClN3O3S. The number of esters is 1. The summed E-state index contributed by atoms with van der Waals surface area (Å²) in [6.07, 6.45) is 1.78. The monoisotopic (exact) mass is 517 g/mol. The van der Waals surface area contributed by atoms with Crippen LogP contribution in [-0.2, 0) is 4.74 Å². The van der Waals surface area contributed by atoms with E-state index in [1.807, 2.05) is 43.3 Å². The van der Waals surface area contributed by atoms with Gasteiger partial charge in [0.1, 0.15) is 0 Å². The van der Waals surface area contributed by atoms with Crippen LogP contribution in [0.5, 0.6) is 0 Å². The van der Waals surface area contributed by atoms with E-state index in [1.54, 1.807) is 42.5 Å². The number of nitrogens with zero attached hydrogens (tertiary/aromatic N) is 1. The number of thiocarbonyl (C=S) groups is 1. The summed E-state index contributed by atoms with van der Waals surface area (Å²) in [5, 5.41) is 7.18. The number of hydrogen-bond donors (Lipinski definition) is 2. The van der Waals surface area contributed by atoms with Crippen molar-refractivity contribution in [1.29, 1.82) is 0 Å². The Labute approximate surface area is 219 Å². The van der Waals surface area contributed by atoms with Gasteiger partial charge in [-0.2, -0.15) is 0 Å². The lowest BCUT2D eigenvalue weighted by Crippen LogP contribution is -2.34. The molecule has 0 aliphatic rings. The van der Waals surface area contributed by atoms with E-state index < -0.39 is 0 Å². The highest BCUT2D eigenvalue weighted by Gasteiger charge is 2.15. The number of ether oxygens (including phenoxy) is 1. The lowest BCUT2D eigenvalue weighted by molar-refractivity contribution is 0.0499. The fourth-order valence-corrected chi connectivity index (χ4v) is 3.88. The Balaban J connectivity index is 1.48. The van der Waals surface area contributed by atoms with E-state index in [2.05, 4.69) is 10.6 Å². The maximum absolute atomic E-state index is 13.2. The van der Waals surface area contributed by atoms with Gasteiger partial charge < -0.3 is 10.1 Å². The zero-order valence-corrected chi connectivity index (χ0v) is 21.2. The Morgan fingerprint density at radius 3 is 2.44 bits per heavy atom. The van der Waals surface area contributed by atoms with E-state index in [-0.39, 0.29) is 17.0 Å². The molecule has 4 rings (SSSR count). The number of rotatable bonds is 7. The topological polar surface area (TPSA) is 80.3 Å². The van der Waals surface area contributed by atoms with Crippen molar-refractivity contribution in [3.8, 4) is 11.3 Å². The van der Waals surface area contributed by atoms with Crippen LogP contribution < -0.4 is 10.6 Å². The number of carbonyl (C=O) groups excluding carboxylic acids is 2. The molecule has 1 heterocycles. The summed E-state index contributed by atoms with van der Waals surface area (Å²) in [6, 6.07) is 23.2. The molecule has 182 valence electrons. The molecule has 2 N–H and O–H groups in total. The second kappa shape index (κ2) is 11.7. The van der Waals surface area contributed by atoms with Gasteiger partial charge in [-0.15, -0.1) is 0 Å². The van der Waals surface area contributed by atoms with Crippen molar-refractivity contribution in [2.45, 2.75) is 19.8 Å². The molecule has 36 heavy (non-hydrogen) atoms. The van der Waals surface area contributed by atoms with Crippen LogP contribution in [0, 0.1) is 0 Å². The van der Waals surface area contributed by atoms with Crippen molar-refractivity contribution in [2.75, 3.05) is 11.9 Å². The quantitative estimate of drug-likeness (QED) is 0.162. The van der Waals surface area contributed by atoms with Gasteiger partial charge in [0.2, 0.25) is 0 Å². The number of fused-ring (bicyclic) bond motifs is 1. The summed E-state index contributed by atoms with van der Waals surface area (Å²) < 4.78 is 5.22. The Hall–Kier alpha value is -3.81. The molecule has 6 nitrogen and oxygen atoms in total. The molecule has 1 aromatic heterocycles. The molecule has 0 radical (unpaired) electrons. The Bertz CT molecular complexity index is 1410. The van der Waals surface area contributed by atoms with Crippen molar-refractivity contribution >= 4 is 57.4 Å². The molecule has 0 fully saturated rings. The zero-order chi connectivity index (χ0) is 25.5. The van der Waals surface area contributed by atoms with E-state index >= 15 is 0 Å². The van der Waals surface area contributed by atoms with Gasteiger partial charge in [-0.25, -0.2) is 9.78 Å². The van der Waals surface area contributed by atoms with Crippen LogP contribution >= 0.6 is 23.8 Å². The molecular weight excluding hydrogens is 494 g/mol. The molecule has 3 aromatic carbocycles. The molecule has 0 aliphatic heterocycles. The number of aromatic nitrogens is 1. The third kappa shape index (κ3) is 6.24. The minimum atomic E-state index is -0.369. The van der Waals surface area contributed by atoms with E-state index in [1.165, 1.54) is 0 Å². The lowest BCUT2D eigenvalue weighted by Gasteiger charge is -2.13. The molecule has 0 spiro atoms. The Kier molecular flexibility index (Phi) is 8.25. The smallest absolute Gasteiger partial charge is 0.338 e. The van der Waals surface area contributed by atoms with E-state index in [9.17, 15) is 9.59 Å². The summed E-state index contributed by atoms with van der Waals surface area (Å²) in [5.74, 6) is -0.732. The molecule has 1 amide bonds. The van der Waals surface area contributed by atoms with Gasteiger partial charge in [0.15, 0.2) is 5.11 Å². The third-order valence-electron chi connectivity index (χ3n) is 5.44. The predicted molar refractivity (Wildman–Crippen MR) is 148 cm³/mol. The number of anilines is 1. The minimum Gasteiger partial charge on any atom is -0.462 e. The van der Waals surface area contributed by atoms with E-state index in [4.69, 9.17) is 33.5 Å². The second-order valence-corrected chi connectivity index (χ2v) is 8.90. The molecule has 0 atom stereocenters. The number of nitrogens with one attached hydrogen (secondary N) is 2. The standard InChI is InChI=1S/C28H24ClN3O3S/c1-2-3-16-35-27(34)19-10-14-21(15-11-19)30-28(36)32-26(33)23-17-25(18-8-12-20(29)13-9-18)31-24-7-5-4-6-22(23)24/h4-15,17H,2-3,16H2,1H3,(H2,30,32,33,36). The van der Waals surface area contributed by atoms with Crippen LogP contribution in [0.3, 0.4) is 0 Å². The minimum absolute atomic E-state index is 0.132. The van der Waals surface area contributed by atoms with Gasteiger partial charge in [0.05, 0.1) is 28.9 Å². The number of carbonyl (C=O) groups is 2. The molecule has 0 saturated heterocycles. The van der Waals surface area contributed by atoms with Gasteiger partial charge in [-0.05, 0) is 67.2 Å². The largest absolute Gasteiger partial charge is 0.462 e. The molecule has 0 bridgehead atoms. The molecule has 0 unspecified atom stereocenters. The summed E-state index contributed by atoms with van der Waals surface area (Å²) in [7, 11) is 0. The highest BCUT2D eigenvalue weighted by atomic mass is 35.5. The van der Waals surface area contributed by atoms with Crippen LogP contribution in [-0.4, -0.2) is 28.6 Å². The first-order valence-electron chi connectivity index (χ1n) is 11.5. The predicted octanol–water partition coefficient (Wildman–Crippen LogP) is 6.64. The van der Waals surface area contributed by atoms with Gasteiger partial charge >= 0.3 is 5.97 Å². The summed E-state index contributed by atoms with van der Waals surface area (Å²) in [4.78, 5) is 30.0. The van der Waals surface area contributed by atoms with E-state index in [0.717, 1.165) is 18.4 Å². The average Bonchev–Trinajstić information content (AvgIpc) is 2.89. The lowest BCUT2D eigenvalue weighted by atomic mass is 10.0. The van der Waals surface area contributed by atoms with Gasteiger partial charge in [-0.1, -0.05) is 55.3 Å². The first-order valence-corrected chi connectivity index (χ1v) is 12.3. The van der Waals surface area contributed by atoms with Crippen LogP contribution in [0.1, 0.15) is 40.5 Å². The first-order chi connectivity index (χ1) is 17.4. The summed E-state index contributed by atoms with van der Waals surface area (Å²) in [6.45, 7) is 2.43. The molecule has 8 heteroatoms. The fraction of sp³-hybridized carbons (Fsp3) is 0.143. The van der Waals surface area contributed by atoms with Gasteiger partial charge in [0, 0.05) is 21.7 Å². The summed E-state index contributed by atoms with van der Waals surface area (Å²) >= 11 is 11.4. The average molecular weight is 518 g/mol. The number of benzene rings is 3. The second-order valence-electron chi connectivity index (χ2n) is 8.05.